The first-order valence-electron chi connectivity index (χ1n) is 7.14. The van der Waals surface area contributed by atoms with Gasteiger partial charge in [0, 0.05) is 34.9 Å². The van der Waals surface area contributed by atoms with Gasteiger partial charge in [-0.2, -0.15) is 0 Å². The zero-order valence-electron chi connectivity index (χ0n) is 11.7. The van der Waals surface area contributed by atoms with Crippen LogP contribution in [0.4, 0.5) is 10.1 Å². The van der Waals surface area contributed by atoms with Crippen LogP contribution in [-0.4, -0.2) is 10.9 Å². The highest BCUT2D eigenvalue weighted by atomic mass is 79.9. The molecule has 1 fully saturated rings. The Morgan fingerprint density at radius 3 is 2.67 bits per heavy atom. The average molecular weight is 349 g/mol. The van der Waals surface area contributed by atoms with E-state index in [2.05, 4.69) is 26.9 Å². The molecule has 0 spiro atoms. The second-order valence-electron chi connectivity index (χ2n) is 5.62. The number of nitrogens with two attached hydrogens (primary N) is 1. The third-order valence-electron chi connectivity index (χ3n) is 3.78. The van der Waals surface area contributed by atoms with Gasteiger partial charge in [0.25, 0.3) is 0 Å². The Hall–Kier alpha value is -1.39. The van der Waals surface area contributed by atoms with E-state index in [-0.39, 0.29) is 5.82 Å². The number of rotatable bonds is 5. The Morgan fingerprint density at radius 2 is 1.95 bits per heavy atom. The summed E-state index contributed by atoms with van der Waals surface area (Å²) in [7, 11) is 0. The number of halogens is 2. The largest absolute Gasteiger partial charge is 0.399 e. The van der Waals surface area contributed by atoms with Crippen molar-refractivity contribution in [3.8, 4) is 0 Å². The van der Waals surface area contributed by atoms with Crippen molar-refractivity contribution < 1.29 is 4.39 Å². The molecule has 110 valence electrons. The van der Waals surface area contributed by atoms with Crippen LogP contribution in [0, 0.1) is 5.82 Å². The van der Waals surface area contributed by atoms with Crippen LogP contribution in [0.15, 0.2) is 46.9 Å². The van der Waals surface area contributed by atoms with Crippen LogP contribution in [-0.2, 0) is 13.1 Å². The van der Waals surface area contributed by atoms with E-state index < -0.39 is 0 Å². The zero-order valence-corrected chi connectivity index (χ0v) is 13.3. The Labute approximate surface area is 132 Å². The van der Waals surface area contributed by atoms with Gasteiger partial charge < -0.3 is 5.73 Å². The second kappa shape index (κ2) is 6.16. The van der Waals surface area contributed by atoms with Crippen LogP contribution >= 0.6 is 15.9 Å². The van der Waals surface area contributed by atoms with Gasteiger partial charge in [-0.1, -0.05) is 28.1 Å². The lowest BCUT2D eigenvalue weighted by Gasteiger charge is -2.22. The number of nitrogen functional groups attached to an aromatic ring is 1. The topological polar surface area (TPSA) is 29.3 Å². The van der Waals surface area contributed by atoms with E-state index in [9.17, 15) is 4.39 Å². The molecule has 2 aromatic carbocycles. The third-order valence-corrected chi connectivity index (χ3v) is 4.27. The quantitative estimate of drug-likeness (QED) is 0.814. The highest BCUT2D eigenvalue weighted by Crippen LogP contribution is 2.31. The first-order chi connectivity index (χ1) is 10.1. The Bertz CT molecular complexity index is 640. The highest BCUT2D eigenvalue weighted by molar-refractivity contribution is 9.10. The SMILES string of the molecule is Nc1cccc(CN(Cc2cc(Br)ccc2F)C2CC2)c1. The van der Waals surface area contributed by atoms with Crippen molar-refractivity contribution in [1.82, 2.24) is 4.90 Å². The molecular formula is C17H18BrFN2. The molecule has 4 heteroatoms. The molecule has 3 rings (SSSR count). The van der Waals surface area contributed by atoms with Crippen molar-refractivity contribution in [3.63, 3.8) is 0 Å². The summed E-state index contributed by atoms with van der Waals surface area (Å²) in [6, 6.07) is 13.6. The van der Waals surface area contributed by atoms with Crippen molar-refractivity contribution >= 4 is 21.6 Å². The molecule has 0 saturated heterocycles. The van der Waals surface area contributed by atoms with Crippen LogP contribution in [0.2, 0.25) is 0 Å². The fourth-order valence-corrected chi connectivity index (χ4v) is 2.97. The van der Waals surface area contributed by atoms with E-state index in [0.717, 1.165) is 22.3 Å². The molecule has 0 aromatic heterocycles. The maximum atomic E-state index is 13.9. The molecule has 0 aliphatic heterocycles. The molecule has 1 saturated carbocycles. The fraction of sp³-hybridized carbons (Fsp3) is 0.294. The molecule has 0 heterocycles. The molecule has 2 N–H and O–H groups in total. The summed E-state index contributed by atoms with van der Waals surface area (Å²) in [4.78, 5) is 2.33. The summed E-state index contributed by atoms with van der Waals surface area (Å²) in [5, 5.41) is 0. The minimum atomic E-state index is -0.142. The lowest BCUT2D eigenvalue weighted by molar-refractivity contribution is 0.242. The van der Waals surface area contributed by atoms with Crippen LogP contribution < -0.4 is 5.73 Å². The molecule has 0 radical (unpaired) electrons. The maximum absolute atomic E-state index is 13.9. The van der Waals surface area contributed by atoms with Gasteiger partial charge in [-0.3, -0.25) is 4.90 Å². The minimum Gasteiger partial charge on any atom is -0.399 e. The van der Waals surface area contributed by atoms with Gasteiger partial charge in [-0.15, -0.1) is 0 Å². The zero-order chi connectivity index (χ0) is 14.8. The van der Waals surface area contributed by atoms with Crippen molar-refractivity contribution in [3.05, 3.63) is 63.9 Å². The van der Waals surface area contributed by atoms with Crippen LogP contribution in [0.1, 0.15) is 24.0 Å². The first kappa shape index (κ1) is 14.5. The molecule has 1 aliphatic carbocycles. The van der Waals surface area contributed by atoms with Gasteiger partial charge in [0.15, 0.2) is 0 Å². The number of hydrogen-bond donors (Lipinski definition) is 1. The highest BCUT2D eigenvalue weighted by Gasteiger charge is 2.29. The van der Waals surface area contributed by atoms with Crippen LogP contribution in [0.25, 0.3) is 0 Å². The molecule has 0 unspecified atom stereocenters. The third kappa shape index (κ3) is 3.83. The Kier molecular flexibility index (Phi) is 4.27. The predicted octanol–water partition coefficient (Wildman–Crippen LogP) is 4.34. The van der Waals surface area contributed by atoms with Gasteiger partial charge in [-0.05, 0) is 48.7 Å². The molecule has 0 atom stereocenters. The molecule has 0 bridgehead atoms. The van der Waals surface area contributed by atoms with Crippen molar-refractivity contribution in [2.75, 3.05) is 5.73 Å². The van der Waals surface area contributed by atoms with E-state index in [1.54, 1.807) is 6.07 Å². The number of anilines is 1. The predicted molar refractivity (Wildman–Crippen MR) is 87.2 cm³/mol. The number of benzene rings is 2. The first-order valence-corrected chi connectivity index (χ1v) is 7.93. The monoisotopic (exact) mass is 348 g/mol. The van der Waals surface area contributed by atoms with Crippen LogP contribution in [0.3, 0.4) is 0 Å². The Balaban J connectivity index is 1.77. The lowest BCUT2D eigenvalue weighted by Crippen LogP contribution is -2.25. The second-order valence-corrected chi connectivity index (χ2v) is 6.53. The lowest BCUT2D eigenvalue weighted by atomic mass is 10.1. The summed E-state index contributed by atoms with van der Waals surface area (Å²) in [6.07, 6.45) is 2.38. The normalized spacial score (nSPS) is 14.6. The maximum Gasteiger partial charge on any atom is 0.127 e. The summed E-state index contributed by atoms with van der Waals surface area (Å²) in [5.41, 5.74) is 8.53. The molecule has 1 aliphatic rings. The number of nitrogens with zero attached hydrogens (tertiary/aromatic N) is 1. The van der Waals surface area contributed by atoms with Gasteiger partial charge in [-0.25, -0.2) is 4.39 Å². The van der Waals surface area contributed by atoms with Gasteiger partial charge in [0.2, 0.25) is 0 Å². The van der Waals surface area contributed by atoms with Gasteiger partial charge in [0.1, 0.15) is 5.82 Å². The molecule has 2 nitrogen and oxygen atoms in total. The van der Waals surface area contributed by atoms with E-state index >= 15 is 0 Å². The molecule has 2 aromatic rings. The summed E-state index contributed by atoms with van der Waals surface area (Å²) in [6.45, 7) is 1.44. The molecule has 21 heavy (non-hydrogen) atoms. The summed E-state index contributed by atoms with van der Waals surface area (Å²) >= 11 is 3.41. The van der Waals surface area contributed by atoms with Crippen molar-refractivity contribution in [2.24, 2.45) is 0 Å². The smallest absolute Gasteiger partial charge is 0.127 e. The average Bonchev–Trinajstić information content (AvgIpc) is 3.27. The standard InChI is InChI=1S/C17H18BrFN2/c18-14-4-7-17(19)13(9-14)11-21(16-5-6-16)10-12-2-1-3-15(20)8-12/h1-4,7-9,16H,5-6,10-11,20H2. The van der Waals surface area contributed by atoms with Crippen LogP contribution in [0.5, 0.6) is 0 Å². The van der Waals surface area contributed by atoms with Gasteiger partial charge in [0.05, 0.1) is 0 Å². The summed E-state index contributed by atoms with van der Waals surface area (Å²) < 4.78 is 14.9. The molecular weight excluding hydrogens is 331 g/mol. The van der Waals surface area contributed by atoms with E-state index in [1.165, 1.54) is 24.5 Å². The van der Waals surface area contributed by atoms with E-state index in [0.29, 0.717) is 12.6 Å². The fourth-order valence-electron chi connectivity index (χ4n) is 2.56. The molecule has 0 amide bonds. The number of hydrogen-bond acceptors (Lipinski definition) is 2. The minimum absolute atomic E-state index is 0.142. The van der Waals surface area contributed by atoms with E-state index in [1.807, 2.05) is 24.3 Å². The van der Waals surface area contributed by atoms with Crippen molar-refractivity contribution in [1.29, 1.82) is 0 Å². The van der Waals surface area contributed by atoms with E-state index in [4.69, 9.17) is 5.73 Å². The van der Waals surface area contributed by atoms with Gasteiger partial charge >= 0.3 is 0 Å². The van der Waals surface area contributed by atoms with Crippen molar-refractivity contribution in [2.45, 2.75) is 32.0 Å². The Morgan fingerprint density at radius 1 is 1.14 bits per heavy atom. The summed E-state index contributed by atoms with van der Waals surface area (Å²) in [5.74, 6) is -0.142.